The van der Waals surface area contributed by atoms with Gasteiger partial charge in [-0.1, -0.05) is 6.07 Å². The highest BCUT2D eigenvalue weighted by molar-refractivity contribution is 6.21. The maximum atomic E-state index is 12.5. The van der Waals surface area contributed by atoms with Gasteiger partial charge >= 0.3 is 0 Å². The summed E-state index contributed by atoms with van der Waals surface area (Å²) in [5.41, 5.74) is 0.555. The number of imide groups is 1. The second-order valence-electron chi connectivity index (χ2n) is 5.33. The summed E-state index contributed by atoms with van der Waals surface area (Å²) in [5.74, 6) is 1.04. The van der Waals surface area contributed by atoms with Crippen LogP contribution in [-0.4, -0.2) is 24.5 Å². The van der Waals surface area contributed by atoms with Crippen LogP contribution < -0.4 is 15.0 Å². The van der Waals surface area contributed by atoms with E-state index in [0.29, 0.717) is 24.6 Å². The Morgan fingerprint density at radius 2 is 2.17 bits per heavy atom. The highest BCUT2D eigenvalue weighted by Gasteiger charge is 2.42. The zero-order valence-corrected chi connectivity index (χ0v) is 12.9. The minimum atomic E-state index is -0.414. The minimum absolute atomic E-state index is 0.190. The number of hydrogen-bond donors (Lipinski definition) is 1. The fourth-order valence-corrected chi connectivity index (χ4v) is 2.68. The number of rotatable bonds is 6. The SMILES string of the molecule is CCOc1cccc(N2C(=O)C[C@H]([NH2+]Cc3ccco3)C2=O)c1. The third-order valence-electron chi connectivity index (χ3n) is 3.75. The summed E-state index contributed by atoms with van der Waals surface area (Å²) >= 11 is 0. The van der Waals surface area contributed by atoms with Crippen LogP contribution >= 0.6 is 0 Å². The minimum Gasteiger partial charge on any atom is -0.494 e. The zero-order chi connectivity index (χ0) is 16.2. The number of amides is 2. The van der Waals surface area contributed by atoms with E-state index in [1.807, 2.05) is 18.3 Å². The molecule has 2 amide bonds. The number of carbonyl (C=O) groups is 2. The fourth-order valence-electron chi connectivity index (χ4n) is 2.68. The topological polar surface area (TPSA) is 76.4 Å². The summed E-state index contributed by atoms with van der Waals surface area (Å²) in [4.78, 5) is 26.0. The summed E-state index contributed by atoms with van der Waals surface area (Å²) in [6.07, 6.45) is 1.79. The van der Waals surface area contributed by atoms with Crippen LogP contribution in [0.15, 0.2) is 47.1 Å². The molecule has 0 aliphatic carbocycles. The number of nitrogens with zero attached hydrogens (tertiary/aromatic N) is 1. The molecule has 1 aliphatic heterocycles. The Morgan fingerprint density at radius 1 is 1.30 bits per heavy atom. The van der Waals surface area contributed by atoms with Crippen molar-refractivity contribution in [3.8, 4) is 5.75 Å². The fraction of sp³-hybridized carbons (Fsp3) is 0.294. The van der Waals surface area contributed by atoms with Gasteiger partial charge in [-0.05, 0) is 31.2 Å². The first-order valence-electron chi connectivity index (χ1n) is 7.64. The monoisotopic (exact) mass is 315 g/mol. The van der Waals surface area contributed by atoms with E-state index in [2.05, 4.69) is 0 Å². The van der Waals surface area contributed by atoms with Crippen molar-refractivity contribution >= 4 is 17.5 Å². The van der Waals surface area contributed by atoms with E-state index in [-0.39, 0.29) is 18.2 Å². The lowest BCUT2D eigenvalue weighted by molar-refractivity contribution is -0.691. The predicted octanol–water partition coefficient (Wildman–Crippen LogP) is 1.07. The average Bonchev–Trinajstić information content (AvgIpc) is 3.14. The molecule has 1 saturated heterocycles. The maximum Gasteiger partial charge on any atom is 0.292 e. The molecule has 1 atom stereocenters. The van der Waals surface area contributed by atoms with Gasteiger partial charge in [0.1, 0.15) is 12.3 Å². The highest BCUT2D eigenvalue weighted by atomic mass is 16.5. The normalized spacial score (nSPS) is 17.8. The first kappa shape index (κ1) is 15.3. The molecule has 1 aliphatic rings. The van der Waals surface area contributed by atoms with E-state index in [1.54, 1.807) is 36.6 Å². The summed E-state index contributed by atoms with van der Waals surface area (Å²) in [6.45, 7) is 2.95. The van der Waals surface area contributed by atoms with E-state index in [9.17, 15) is 9.59 Å². The molecule has 2 heterocycles. The van der Waals surface area contributed by atoms with Crippen LogP contribution in [0.5, 0.6) is 5.75 Å². The van der Waals surface area contributed by atoms with Gasteiger partial charge in [0.2, 0.25) is 5.91 Å². The van der Waals surface area contributed by atoms with Crippen LogP contribution in [0.2, 0.25) is 0 Å². The van der Waals surface area contributed by atoms with Gasteiger partial charge in [-0.25, -0.2) is 4.90 Å². The quantitative estimate of drug-likeness (QED) is 0.809. The van der Waals surface area contributed by atoms with Gasteiger partial charge < -0.3 is 14.5 Å². The van der Waals surface area contributed by atoms with Crippen LogP contribution in [-0.2, 0) is 16.1 Å². The lowest BCUT2D eigenvalue weighted by atomic mass is 10.2. The molecule has 0 saturated carbocycles. The third kappa shape index (κ3) is 3.27. The third-order valence-corrected chi connectivity index (χ3v) is 3.75. The molecule has 1 aromatic carbocycles. The molecule has 1 fully saturated rings. The summed E-state index contributed by atoms with van der Waals surface area (Å²) < 4.78 is 10.7. The molecule has 2 N–H and O–H groups in total. The maximum absolute atomic E-state index is 12.5. The number of anilines is 1. The first-order valence-corrected chi connectivity index (χ1v) is 7.64. The second kappa shape index (κ2) is 6.66. The largest absolute Gasteiger partial charge is 0.494 e. The average molecular weight is 315 g/mol. The zero-order valence-electron chi connectivity index (χ0n) is 12.9. The molecule has 23 heavy (non-hydrogen) atoms. The van der Waals surface area contributed by atoms with Crippen molar-refractivity contribution in [2.75, 3.05) is 11.5 Å². The Morgan fingerprint density at radius 3 is 2.91 bits per heavy atom. The summed E-state index contributed by atoms with van der Waals surface area (Å²) in [7, 11) is 0. The van der Waals surface area contributed by atoms with E-state index in [0.717, 1.165) is 5.76 Å². The molecule has 6 heteroatoms. The number of nitrogens with two attached hydrogens (primary N) is 1. The summed E-state index contributed by atoms with van der Waals surface area (Å²) in [6, 6.07) is 10.3. The van der Waals surface area contributed by atoms with Crippen LogP contribution in [0, 0.1) is 0 Å². The predicted molar refractivity (Wildman–Crippen MR) is 82.8 cm³/mol. The Hall–Kier alpha value is -2.60. The van der Waals surface area contributed by atoms with Crippen LogP contribution in [0.3, 0.4) is 0 Å². The first-order chi connectivity index (χ1) is 11.2. The molecule has 6 nitrogen and oxygen atoms in total. The number of ether oxygens (including phenoxy) is 1. The number of benzene rings is 1. The second-order valence-corrected chi connectivity index (χ2v) is 5.33. The van der Waals surface area contributed by atoms with Gasteiger partial charge in [-0.3, -0.25) is 9.59 Å². The van der Waals surface area contributed by atoms with E-state index < -0.39 is 6.04 Å². The van der Waals surface area contributed by atoms with Crippen molar-refractivity contribution in [3.63, 3.8) is 0 Å². The van der Waals surface area contributed by atoms with Crippen molar-refractivity contribution in [1.29, 1.82) is 0 Å². The molecular formula is C17H19N2O4+. The molecule has 0 radical (unpaired) electrons. The van der Waals surface area contributed by atoms with Gasteiger partial charge in [0, 0.05) is 6.07 Å². The van der Waals surface area contributed by atoms with E-state index >= 15 is 0 Å². The molecule has 120 valence electrons. The van der Waals surface area contributed by atoms with Crippen LogP contribution in [0.4, 0.5) is 5.69 Å². The Kier molecular flexibility index (Phi) is 4.43. The Bertz CT molecular complexity index is 696. The van der Waals surface area contributed by atoms with Crippen LogP contribution in [0.25, 0.3) is 0 Å². The molecule has 2 aromatic rings. The smallest absolute Gasteiger partial charge is 0.292 e. The number of furan rings is 1. The van der Waals surface area contributed by atoms with Gasteiger partial charge in [0.25, 0.3) is 5.91 Å². The van der Waals surface area contributed by atoms with E-state index in [1.165, 1.54) is 4.90 Å². The molecule has 0 spiro atoms. The van der Waals surface area contributed by atoms with E-state index in [4.69, 9.17) is 9.15 Å². The Balaban J connectivity index is 1.72. The number of quaternary nitrogens is 1. The molecular weight excluding hydrogens is 296 g/mol. The number of hydrogen-bond acceptors (Lipinski definition) is 4. The highest BCUT2D eigenvalue weighted by Crippen LogP contribution is 2.25. The van der Waals surface area contributed by atoms with Crippen molar-refractivity contribution in [2.45, 2.75) is 25.9 Å². The lowest BCUT2D eigenvalue weighted by Gasteiger charge is -2.15. The van der Waals surface area contributed by atoms with Crippen molar-refractivity contribution in [3.05, 3.63) is 48.4 Å². The standard InChI is InChI=1S/C17H18N2O4/c1-2-22-13-6-3-5-12(9-13)19-16(20)10-15(17(19)21)18-11-14-7-4-8-23-14/h3-9,15,18H,2,10-11H2,1H3/p+1/t15-/m0/s1. The van der Waals surface area contributed by atoms with Crippen molar-refractivity contribution in [1.82, 2.24) is 0 Å². The van der Waals surface area contributed by atoms with Gasteiger partial charge in [0.05, 0.1) is 25.0 Å². The van der Waals surface area contributed by atoms with Crippen LogP contribution in [0.1, 0.15) is 19.1 Å². The lowest BCUT2D eigenvalue weighted by Crippen LogP contribution is -2.90. The van der Waals surface area contributed by atoms with Gasteiger partial charge in [-0.2, -0.15) is 0 Å². The molecule has 3 rings (SSSR count). The van der Waals surface area contributed by atoms with Crippen molar-refractivity contribution in [2.24, 2.45) is 0 Å². The molecule has 0 bridgehead atoms. The van der Waals surface area contributed by atoms with Gasteiger partial charge in [-0.15, -0.1) is 0 Å². The summed E-state index contributed by atoms with van der Waals surface area (Å²) in [5, 5.41) is 1.84. The molecule has 1 aromatic heterocycles. The molecule has 0 unspecified atom stereocenters. The Labute approximate surface area is 134 Å². The van der Waals surface area contributed by atoms with Crippen molar-refractivity contribution < 1.29 is 24.1 Å². The van der Waals surface area contributed by atoms with Gasteiger partial charge in [0.15, 0.2) is 11.8 Å². The number of carbonyl (C=O) groups excluding carboxylic acids is 2.